The van der Waals surface area contributed by atoms with Gasteiger partial charge in [0.15, 0.2) is 11.5 Å². The van der Waals surface area contributed by atoms with E-state index in [0.717, 1.165) is 33.8 Å². The fourth-order valence-corrected chi connectivity index (χ4v) is 1.93. The topological polar surface area (TPSA) is 29.8 Å². The molecule has 0 saturated heterocycles. The van der Waals surface area contributed by atoms with Gasteiger partial charge in [-0.15, -0.1) is 0 Å². The first-order valence-corrected chi connectivity index (χ1v) is 4.88. The Morgan fingerprint density at radius 1 is 1.07 bits per heavy atom. The van der Waals surface area contributed by atoms with Crippen LogP contribution in [0.1, 0.15) is 11.5 Å². The molecule has 0 aliphatic carbocycles. The molecular formula is C12H11O3+. The van der Waals surface area contributed by atoms with Crippen molar-refractivity contribution in [2.75, 3.05) is 6.79 Å². The highest BCUT2D eigenvalue weighted by Crippen LogP contribution is 2.37. The third-order valence-corrected chi connectivity index (χ3v) is 2.60. The van der Waals surface area contributed by atoms with Crippen molar-refractivity contribution in [3.8, 4) is 11.5 Å². The SMILES string of the molecule is Cc1cc2cc3c(cc2c(C)[o+]1)OCO3. The summed E-state index contributed by atoms with van der Waals surface area (Å²) in [7, 11) is 0. The van der Waals surface area contributed by atoms with Crippen LogP contribution in [0.2, 0.25) is 0 Å². The molecule has 0 amide bonds. The number of benzene rings is 1. The van der Waals surface area contributed by atoms with E-state index in [4.69, 9.17) is 13.9 Å². The van der Waals surface area contributed by atoms with Crippen molar-refractivity contribution in [1.82, 2.24) is 0 Å². The Kier molecular flexibility index (Phi) is 1.63. The normalized spacial score (nSPS) is 13.5. The molecule has 3 rings (SSSR count). The van der Waals surface area contributed by atoms with Gasteiger partial charge in [0.25, 0.3) is 0 Å². The van der Waals surface area contributed by atoms with Crippen molar-refractivity contribution >= 4 is 10.8 Å². The van der Waals surface area contributed by atoms with Gasteiger partial charge in [-0.25, -0.2) is 4.42 Å². The molecule has 1 aromatic carbocycles. The molecule has 0 fully saturated rings. The first kappa shape index (κ1) is 8.53. The first-order valence-electron chi connectivity index (χ1n) is 4.88. The number of ether oxygens (including phenoxy) is 2. The van der Waals surface area contributed by atoms with E-state index in [0.29, 0.717) is 6.79 Å². The maximum atomic E-state index is 5.55. The van der Waals surface area contributed by atoms with Crippen molar-refractivity contribution in [2.45, 2.75) is 13.8 Å². The Hall–Kier alpha value is -1.77. The molecule has 3 nitrogen and oxygen atoms in total. The van der Waals surface area contributed by atoms with E-state index in [1.54, 1.807) is 0 Å². The molecule has 2 heterocycles. The molecular weight excluding hydrogens is 192 g/mol. The van der Waals surface area contributed by atoms with E-state index >= 15 is 0 Å². The van der Waals surface area contributed by atoms with Crippen LogP contribution in [0.5, 0.6) is 11.5 Å². The Morgan fingerprint density at radius 2 is 1.80 bits per heavy atom. The van der Waals surface area contributed by atoms with Gasteiger partial charge in [-0.05, 0) is 6.07 Å². The molecule has 1 aromatic heterocycles. The van der Waals surface area contributed by atoms with Crippen molar-refractivity contribution in [3.05, 3.63) is 29.7 Å². The second kappa shape index (κ2) is 2.86. The predicted octanol–water partition coefficient (Wildman–Crippen LogP) is 3.06. The van der Waals surface area contributed by atoms with Crippen LogP contribution >= 0.6 is 0 Å². The average Bonchev–Trinajstić information content (AvgIpc) is 2.61. The minimum Gasteiger partial charge on any atom is -0.454 e. The van der Waals surface area contributed by atoms with Gasteiger partial charge in [-0.3, -0.25) is 0 Å². The van der Waals surface area contributed by atoms with E-state index in [9.17, 15) is 0 Å². The molecule has 0 spiro atoms. The van der Waals surface area contributed by atoms with E-state index in [1.165, 1.54) is 0 Å². The largest absolute Gasteiger partial charge is 0.454 e. The lowest BCUT2D eigenvalue weighted by atomic mass is 10.1. The van der Waals surface area contributed by atoms with Gasteiger partial charge in [0.1, 0.15) is 0 Å². The van der Waals surface area contributed by atoms with Crippen LogP contribution in [0.25, 0.3) is 10.8 Å². The molecule has 0 atom stereocenters. The number of hydrogen-bond acceptors (Lipinski definition) is 2. The summed E-state index contributed by atoms with van der Waals surface area (Å²) < 4.78 is 16.2. The van der Waals surface area contributed by atoms with Gasteiger partial charge < -0.3 is 9.47 Å². The fraction of sp³-hybridized carbons (Fsp3) is 0.250. The highest BCUT2D eigenvalue weighted by atomic mass is 16.7. The second-order valence-electron chi connectivity index (χ2n) is 3.71. The monoisotopic (exact) mass is 203 g/mol. The number of rotatable bonds is 0. The average molecular weight is 203 g/mol. The molecule has 0 bridgehead atoms. The molecule has 0 unspecified atom stereocenters. The van der Waals surface area contributed by atoms with Gasteiger partial charge in [0.05, 0.1) is 19.2 Å². The van der Waals surface area contributed by atoms with Crippen LogP contribution in [0, 0.1) is 13.8 Å². The third-order valence-electron chi connectivity index (χ3n) is 2.60. The fourth-order valence-electron chi connectivity index (χ4n) is 1.93. The van der Waals surface area contributed by atoms with Crippen molar-refractivity contribution in [2.24, 2.45) is 0 Å². The summed E-state index contributed by atoms with van der Waals surface area (Å²) in [6, 6.07) is 5.97. The zero-order valence-corrected chi connectivity index (χ0v) is 8.66. The molecule has 3 heteroatoms. The molecule has 1 aliphatic rings. The smallest absolute Gasteiger partial charge is 0.334 e. The molecule has 0 radical (unpaired) electrons. The Morgan fingerprint density at radius 3 is 2.60 bits per heavy atom. The summed E-state index contributed by atoms with van der Waals surface area (Å²) in [5, 5.41) is 2.20. The zero-order chi connectivity index (χ0) is 10.4. The molecule has 2 aromatic rings. The lowest BCUT2D eigenvalue weighted by Crippen LogP contribution is -1.92. The third kappa shape index (κ3) is 1.23. The van der Waals surface area contributed by atoms with Crippen molar-refractivity contribution in [1.29, 1.82) is 0 Å². The second-order valence-corrected chi connectivity index (χ2v) is 3.71. The van der Waals surface area contributed by atoms with Crippen LogP contribution in [0.3, 0.4) is 0 Å². The molecule has 0 N–H and O–H groups in total. The number of hydrogen-bond donors (Lipinski definition) is 0. The maximum Gasteiger partial charge on any atom is 0.334 e. The molecule has 15 heavy (non-hydrogen) atoms. The summed E-state index contributed by atoms with van der Waals surface area (Å²) in [4.78, 5) is 0. The zero-order valence-electron chi connectivity index (χ0n) is 8.66. The summed E-state index contributed by atoms with van der Waals surface area (Å²) in [5.41, 5.74) is 0. The van der Waals surface area contributed by atoms with Crippen LogP contribution in [-0.2, 0) is 0 Å². The lowest BCUT2D eigenvalue weighted by molar-refractivity contribution is 0.174. The van der Waals surface area contributed by atoms with Crippen LogP contribution in [0.15, 0.2) is 22.6 Å². The van der Waals surface area contributed by atoms with Gasteiger partial charge in [0.2, 0.25) is 6.79 Å². The van der Waals surface area contributed by atoms with E-state index in [1.807, 2.05) is 32.0 Å². The van der Waals surface area contributed by atoms with Gasteiger partial charge in [0, 0.05) is 17.5 Å². The van der Waals surface area contributed by atoms with Crippen molar-refractivity contribution in [3.63, 3.8) is 0 Å². The standard InChI is InChI=1S/C12H11O3/c1-7-3-9-4-11-12(14-6-13-11)5-10(9)8(2)15-7/h3-5H,6H2,1-2H3/q+1. The molecule has 76 valence electrons. The highest BCUT2D eigenvalue weighted by Gasteiger charge is 2.19. The number of fused-ring (bicyclic) bond motifs is 2. The van der Waals surface area contributed by atoms with Crippen LogP contribution in [-0.4, -0.2) is 6.79 Å². The summed E-state index contributed by atoms with van der Waals surface area (Å²) >= 11 is 0. The van der Waals surface area contributed by atoms with E-state index in [2.05, 4.69) is 0 Å². The Bertz CT molecular complexity index is 546. The molecule has 0 saturated carbocycles. The summed E-state index contributed by atoms with van der Waals surface area (Å²) in [6.07, 6.45) is 0. The van der Waals surface area contributed by atoms with Gasteiger partial charge >= 0.3 is 11.5 Å². The first-order chi connectivity index (χ1) is 7.24. The van der Waals surface area contributed by atoms with Gasteiger partial charge in [-0.2, -0.15) is 0 Å². The quantitative estimate of drug-likeness (QED) is 0.616. The summed E-state index contributed by atoms with van der Waals surface area (Å²) in [6.45, 7) is 4.20. The number of aryl methyl sites for hydroxylation is 2. The van der Waals surface area contributed by atoms with E-state index < -0.39 is 0 Å². The van der Waals surface area contributed by atoms with Crippen LogP contribution in [0.4, 0.5) is 0 Å². The lowest BCUT2D eigenvalue weighted by Gasteiger charge is -1.98. The Balaban J connectivity index is 2.38. The molecule has 1 aliphatic heterocycles. The predicted molar refractivity (Wildman–Crippen MR) is 56.2 cm³/mol. The van der Waals surface area contributed by atoms with Crippen molar-refractivity contribution < 1.29 is 13.9 Å². The van der Waals surface area contributed by atoms with E-state index in [-0.39, 0.29) is 0 Å². The Labute approximate surface area is 87.2 Å². The van der Waals surface area contributed by atoms with Gasteiger partial charge in [-0.1, -0.05) is 0 Å². The minimum absolute atomic E-state index is 0.306. The highest BCUT2D eigenvalue weighted by molar-refractivity contribution is 5.87. The maximum absolute atomic E-state index is 5.55. The minimum atomic E-state index is 0.306. The van der Waals surface area contributed by atoms with Crippen LogP contribution < -0.4 is 9.47 Å². The summed E-state index contributed by atoms with van der Waals surface area (Å²) in [5.74, 6) is 3.42.